The molecule has 32 heavy (non-hydrogen) atoms. The third kappa shape index (κ3) is 3.67. The number of nitro benzene ring substituents is 1. The van der Waals surface area contributed by atoms with Crippen LogP contribution < -0.4 is 10.2 Å². The van der Waals surface area contributed by atoms with E-state index in [0.717, 1.165) is 16.0 Å². The number of carbonyl (C=O) groups excluding carboxylic acids is 3. The monoisotopic (exact) mass is 430 g/mol. The van der Waals surface area contributed by atoms with Crippen molar-refractivity contribution in [2.75, 3.05) is 4.90 Å². The van der Waals surface area contributed by atoms with Gasteiger partial charge in [0.1, 0.15) is 5.57 Å². The normalized spacial score (nSPS) is 15.2. The van der Waals surface area contributed by atoms with Crippen molar-refractivity contribution in [1.29, 1.82) is 0 Å². The molecule has 0 unspecified atom stereocenters. The molecule has 0 atom stereocenters. The number of imide groups is 2. The van der Waals surface area contributed by atoms with E-state index in [2.05, 4.69) is 5.32 Å². The van der Waals surface area contributed by atoms with Crippen LogP contribution in [0.2, 0.25) is 0 Å². The Kier molecular flexibility index (Phi) is 5.15. The smallest absolute Gasteiger partial charge is 0.317 e. The molecule has 1 saturated heterocycles. The molecule has 0 spiro atoms. The molecular weight excluding hydrogens is 412 g/mol. The molecule has 4 amide bonds. The van der Waals surface area contributed by atoms with Gasteiger partial charge in [0.15, 0.2) is 0 Å². The summed E-state index contributed by atoms with van der Waals surface area (Å²) in [5.74, 6) is -1.53. The first-order valence-corrected chi connectivity index (χ1v) is 9.67. The number of nitrogens with zero attached hydrogens (tertiary/aromatic N) is 3. The van der Waals surface area contributed by atoms with E-state index in [-0.39, 0.29) is 11.3 Å². The van der Waals surface area contributed by atoms with E-state index in [9.17, 15) is 24.5 Å². The van der Waals surface area contributed by atoms with Crippen molar-refractivity contribution in [2.24, 2.45) is 0 Å². The Labute approximate surface area is 182 Å². The van der Waals surface area contributed by atoms with Crippen LogP contribution >= 0.6 is 0 Å². The number of amides is 4. The summed E-state index contributed by atoms with van der Waals surface area (Å²) < 4.78 is 1.67. The fourth-order valence-electron chi connectivity index (χ4n) is 3.39. The third-order valence-corrected chi connectivity index (χ3v) is 5.26. The Hall–Kier alpha value is -4.53. The maximum atomic E-state index is 13.1. The van der Waals surface area contributed by atoms with Gasteiger partial charge < -0.3 is 4.57 Å². The van der Waals surface area contributed by atoms with Crippen molar-refractivity contribution in [1.82, 2.24) is 9.88 Å². The minimum absolute atomic E-state index is 0.0507. The van der Waals surface area contributed by atoms with Crippen molar-refractivity contribution >= 4 is 35.3 Å². The number of non-ortho nitro benzene ring substituents is 1. The average Bonchev–Trinajstić information content (AvgIpc) is 3.22. The molecule has 160 valence electrons. The fraction of sp³-hybridized carbons (Fsp3) is 0.0870. The molecule has 1 aliphatic heterocycles. The highest BCUT2D eigenvalue weighted by molar-refractivity contribution is 6.39. The van der Waals surface area contributed by atoms with Crippen LogP contribution in [0, 0.1) is 24.0 Å². The second-order valence-corrected chi connectivity index (χ2v) is 7.30. The fourth-order valence-corrected chi connectivity index (χ4v) is 3.39. The van der Waals surface area contributed by atoms with E-state index in [1.165, 1.54) is 18.2 Å². The number of barbiturate groups is 1. The van der Waals surface area contributed by atoms with Gasteiger partial charge in [0.05, 0.1) is 10.6 Å². The van der Waals surface area contributed by atoms with E-state index in [1.807, 2.05) is 13.8 Å². The largest absolute Gasteiger partial charge is 0.335 e. The van der Waals surface area contributed by atoms with E-state index in [0.29, 0.717) is 17.1 Å². The highest BCUT2D eigenvalue weighted by atomic mass is 16.6. The standard InChI is InChI=1S/C23H18N4O5/c1-14-5-6-19(12-15(14)2)26-22(29)20(21(28)24-23(26)30)13-18-4-3-11-25(18)16-7-9-17(10-8-16)27(31)32/h3-13H,1-2H3,(H,24,28,30)/b20-13+. The molecule has 1 fully saturated rings. The Balaban J connectivity index is 1.72. The lowest BCUT2D eigenvalue weighted by Gasteiger charge is -2.27. The number of urea groups is 1. The molecular formula is C23H18N4O5. The van der Waals surface area contributed by atoms with Crippen LogP contribution in [0.1, 0.15) is 16.8 Å². The van der Waals surface area contributed by atoms with E-state index >= 15 is 0 Å². The molecule has 9 nitrogen and oxygen atoms in total. The Morgan fingerprint density at radius 3 is 2.28 bits per heavy atom. The molecule has 3 aromatic rings. The van der Waals surface area contributed by atoms with Crippen molar-refractivity contribution in [3.05, 3.63) is 93.3 Å². The van der Waals surface area contributed by atoms with Crippen LogP contribution in [0.15, 0.2) is 66.4 Å². The van der Waals surface area contributed by atoms with Gasteiger partial charge in [-0.3, -0.25) is 25.0 Å². The number of anilines is 1. The summed E-state index contributed by atoms with van der Waals surface area (Å²) in [5, 5.41) is 13.1. The van der Waals surface area contributed by atoms with Crippen molar-refractivity contribution in [3.63, 3.8) is 0 Å². The predicted octanol–water partition coefficient (Wildman–Crippen LogP) is 3.67. The molecule has 9 heteroatoms. The van der Waals surface area contributed by atoms with Crippen molar-refractivity contribution in [3.8, 4) is 5.69 Å². The molecule has 1 aliphatic rings. The Morgan fingerprint density at radius 2 is 1.62 bits per heavy atom. The van der Waals surface area contributed by atoms with E-state index in [4.69, 9.17) is 0 Å². The van der Waals surface area contributed by atoms with Gasteiger partial charge in [-0.15, -0.1) is 0 Å². The summed E-state index contributed by atoms with van der Waals surface area (Å²) in [6.07, 6.45) is 3.09. The van der Waals surface area contributed by atoms with Gasteiger partial charge >= 0.3 is 6.03 Å². The molecule has 0 radical (unpaired) electrons. The number of nitrogens with one attached hydrogen (secondary N) is 1. The molecule has 1 aromatic heterocycles. The number of aryl methyl sites for hydroxylation is 2. The zero-order valence-electron chi connectivity index (χ0n) is 17.2. The highest BCUT2D eigenvalue weighted by Crippen LogP contribution is 2.25. The molecule has 4 rings (SSSR count). The van der Waals surface area contributed by atoms with Gasteiger partial charge in [0.2, 0.25) is 0 Å². The minimum Gasteiger partial charge on any atom is -0.317 e. The number of rotatable bonds is 4. The first kappa shape index (κ1) is 20.7. The topological polar surface area (TPSA) is 115 Å². The van der Waals surface area contributed by atoms with Gasteiger partial charge in [-0.05, 0) is 67.4 Å². The number of carbonyl (C=O) groups is 3. The Bertz CT molecular complexity index is 1300. The van der Waals surface area contributed by atoms with Gasteiger partial charge in [0, 0.05) is 29.7 Å². The molecule has 2 heterocycles. The van der Waals surface area contributed by atoms with E-state index in [1.54, 1.807) is 53.2 Å². The summed E-state index contributed by atoms with van der Waals surface area (Å²) in [6, 6.07) is 13.6. The highest BCUT2D eigenvalue weighted by Gasteiger charge is 2.37. The molecule has 0 aliphatic carbocycles. The molecule has 0 saturated carbocycles. The number of nitro groups is 1. The summed E-state index contributed by atoms with van der Waals surface area (Å²) in [7, 11) is 0. The molecule has 2 aromatic carbocycles. The second-order valence-electron chi connectivity index (χ2n) is 7.30. The zero-order chi connectivity index (χ0) is 23.0. The van der Waals surface area contributed by atoms with Crippen LogP contribution in [-0.2, 0) is 9.59 Å². The number of hydrogen-bond donors (Lipinski definition) is 1. The molecule has 0 bridgehead atoms. The van der Waals surface area contributed by atoms with Gasteiger partial charge in [0.25, 0.3) is 17.5 Å². The first-order chi connectivity index (χ1) is 15.3. The summed E-state index contributed by atoms with van der Waals surface area (Å²) in [4.78, 5) is 49.3. The van der Waals surface area contributed by atoms with Crippen molar-refractivity contribution < 1.29 is 19.3 Å². The third-order valence-electron chi connectivity index (χ3n) is 5.26. The van der Waals surface area contributed by atoms with Gasteiger partial charge in [-0.1, -0.05) is 6.07 Å². The number of benzene rings is 2. The molecule has 1 N–H and O–H groups in total. The van der Waals surface area contributed by atoms with Crippen LogP contribution in [0.5, 0.6) is 0 Å². The quantitative estimate of drug-likeness (QED) is 0.294. The maximum Gasteiger partial charge on any atom is 0.335 e. The Morgan fingerprint density at radius 1 is 0.938 bits per heavy atom. The average molecular weight is 430 g/mol. The lowest BCUT2D eigenvalue weighted by Crippen LogP contribution is -2.54. The first-order valence-electron chi connectivity index (χ1n) is 9.67. The second kappa shape index (κ2) is 7.95. The SMILES string of the molecule is Cc1ccc(N2C(=O)NC(=O)/C(=C\c3cccn3-c3ccc([N+](=O)[O-])cc3)C2=O)cc1C. The van der Waals surface area contributed by atoms with Gasteiger partial charge in [-0.2, -0.15) is 0 Å². The van der Waals surface area contributed by atoms with Crippen LogP contribution in [0.4, 0.5) is 16.2 Å². The lowest BCUT2D eigenvalue weighted by atomic mass is 10.1. The summed E-state index contributed by atoms with van der Waals surface area (Å²) in [5.41, 5.74) is 3.11. The maximum absolute atomic E-state index is 13.1. The van der Waals surface area contributed by atoms with Gasteiger partial charge in [-0.25, -0.2) is 9.69 Å². The summed E-state index contributed by atoms with van der Waals surface area (Å²) >= 11 is 0. The predicted molar refractivity (Wildman–Crippen MR) is 117 cm³/mol. The van der Waals surface area contributed by atoms with Crippen LogP contribution in [-0.4, -0.2) is 27.3 Å². The van der Waals surface area contributed by atoms with Crippen LogP contribution in [0.25, 0.3) is 11.8 Å². The van der Waals surface area contributed by atoms with Crippen molar-refractivity contribution in [2.45, 2.75) is 13.8 Å². The lowest BCUT2D eigenvalue weighted by molar-refractivity contribution is -0.384. The number of aromatic nitrogens is 1. The van der Waals surface area contributed by atoms with E-state index < -0.39 is 22.8 Å². The minimum atomic E-state index is -0.814. The van der Waals surface area contributed by atoms with Crippen LogP contribution in [0.3, 0.4) is 0 Å². The number of hydrogen-bond acceptors (Lipinski definition) is 5. The zero-order valence-corrected chi connectivity index (χ0v) is 17.2. The summed E-state index contributed by atoms with van der Waals surface area (Å²) in [6.45, 7) is 3.78.